The lowest BCUT2D eigenvalue weighted by Crippen LogP contribution is -2.67. The minimum absolute atomic E-state index is 0.0313. The van der Waals surface area contributed by atoms with Crippen molar-refractivity contribution < 1.29 is 59.3 Å². The lowest BCUT2D eigenvalue weighted by Gasteiger charge is -2.61. The molecule has 1 aromatic rings. The van der Waals surface area contributed by atoms with Crippen LogP contribution < -0.4 is 0 Å². The molecule has 1 saturated carbocycles. The molecule has 56 heavy (non-hydrogen) atoms. The number of benzene rings is 1. The van der Waals surface area contributed by atoms with Crippen LogP contribution >= 0.6 is 0 Å². The Morgan fingerprint density at radius 2 is 1.48 bits per heavy atom. The van der Waals surface area contributed by atoms with E-state index in [1.54, 1.807) is 13.0 Å². The number of hydrogen-bond donors (Lipinski definition) is 6. The highest BCUT2D eigenvalue weighted by Crippen LogP contribution is 2.67. The molecule has 0 unspecified atom stereocenters. The first-order chi connectivity index (χ1) is 25.9. The van der Waals surface area contributed by atoms with Crippen LogP contribution in [0.2, 0.25) is 0 Å². The van der Waals surface area contributed by atoms with E-state index in [1.807, 2.05) is 67.5 Å². The van der Waals surface area contributed by atoms with Gasteiger partial charge in [0.15, 0.2) is 41.2 Å². The van der Waals surface area contributed by atoms with E-state index in [-0.39, 0.29) is 31.1 Å². The number of aromatic hydroxyl groups is 2. The van der Waals surface area contributed by atoms with Gasteiger partial charge in [0.1, 0.15) is 35.1 Å². The molecule has 0 amide bonds. The predicted octanol–water partition coefficient (Wildman–Crippen LogP) is 5.54. The molecule has 2 aliphatic carbocycles. The van der Waals surface area contributed by atoms with Crippen LogP contribution in [0.5, 0.6) is 11.5 Å². The van der Waals surface area contributed by atoms with Crippen molar-refractivity contribution >= 4 is 29.6 Å². The SMILES string of the molecule is C=C(C)[C@@H](CC=C(C)C)C[C@@]12C[C@@H](CC=C(C)C)C(C)(C)[C@@](CC=C(C)C)(C(=O)C(C(=O)c3ccc(O)c(O)c3)=C1OC(=O)[C@@H](O)[C@@H](O)[C@H](O)[C@@H](O)C=O)C2=O. The summed E-state index contributed by atoms with van der Waals surface area (Å²) >= 11 is 0. The van der Waals surface area contributed by atoms with Crippen molar-refractivity contribution in [3.63, 3.8) is 0 Å². The van der Waals surface area contributed by atoms with Crippen molar-refractivity contribution in [3.8, 4) is 11.5 Å². The molecular weight excluding hydrogens is 720 g/mol. The normalized spacial score (nSPS) is 24.2. The Morgan fingerprint density at radius 3 is 2.00 bits per heavy atom. The zero-order valence-corrected chi connectivity index (χ0v) is 33.9. The molecule has 2 aliphatic rings. The first-order valence-corrected chi connectivity index (χ1v) is 18.8. The van der Waals surface area contributed by atoms with Gasteiger partial charge in [0.05, 0.1) is 5.41 Å². The van der Waals surface area contributed by atoms with Crippen LogP contribution in [0.4, 0.5) is 0 Å². The maximum absolute atomic E-state index is 15.9. The monoisotopic (exact) mass is 778 g/mol. The summed E-state index contributed by atoms with van der Waals surface area (Å²) in [5.41, 5.74) is -2.54. The van der Waals surface area contributed by atoms with E-state index in [0.29, 0.717) is 18.4 Å². The van der Waals surface area contributed by atoms with Gasteiger partial charge in [0.25, 0.3) is 0 Å². The first kappa shape index (κ1) is 45.9. The Labute approximate surface area is 329 Å². The van der Waals surface area contributed by atoms with E-state index in [1.165, 1.54) is 0 Å². The van der Waals surface area contributed by atoms with Gasteiger partial charge in [-0.2, -0.15) is 0 Å². The molecule has 12 heteroatoms. The summed E-state index contributed by atoms with van der Waals surface area (Å²) in [5, 5.41) is 62.3. The second-order valence-electron chi connectivity index (χ2n) is 16.7. The molecule has 12 nitrogen and oxygen atoms in total. The minimum atomic E-state index is -2.63. The van der Waals surface area contributed by atoms with Gasteiger partial charge < -0.3 is 40.2 Å². The fraction of sp³-hybridized carbons (Fsp3) is 0.523. The van der Waals surface area contributed by atoms with E-state index >= 15 is 9.59 Å². The molecule has 306 valence electrons. The highest BCUT2D eigenvalue weighted by atomic mass is 16.6. The van der Waals surface area contributed by atoms with Gasteiger partial charge in [0.2, 0.25) is 0 Å². The van der Waals surface area contributed by atoms with Crippen LogP contribution in [0.3, 0.4) is 0 Å². The molecule has 1 aromatic carbocycles. The van der Waals surface area contributed by atoms with E-state index in [2.05, 4.69) is 6.58 Å². The van der Waals surface area contributed by atoms with Crippen LogP contribution in [0.15, 0.2) is 76.6 Å². The molecule has 0 aromatic heterocycles. The number of hydrogen-bond acceptors (Lipinski definition) is 12. The highest BCUT2D eigenvalue weighted by Gasteiger charge is 2.73. The van der Waals surface area contributed by atoms with E-state index in [0.717, 1.165) is 34.9 Å². The minimum Gasteiger partial charge on any atom is -0.504 e. The summed E-state index contributed by atoms with van der Waals surface area (Å²) in [7, 11) is 0. The lowest BCUT2D eigenvalue weighted by atomic mass is 9.39. The van der Waals surface area contributed by atoms with E-state index < -0.39 is 98.6 Å². The van der Waals surface area contributed by atoms with Crippen LogP contribution in [0.25, 0.3) is 0 Å². The van der Waals surface area contributed by atoms with Crippen molar-refractivity contribution in [2.75, 3.05) is 0 Å². The van der Waals surface area contributed by atoms with Crippen LogP contribution in [-0.2, 0) is 23.9 Å². The molecule has 0 heterocycles. The van der Waals surface area contributed by atoms with Crippen LogP contribution in [0.1, 0.15) is 105 Å². The molecule has 0 spiro atoms. The number of aliphatic hydroxyl groups excluding tert-OH is 4. The maximum atomic E-state index is 15.9. The first-order valence-electron chi connectivity index (χ1n) is 18.8. The second kappa shape index (κ2) is 17.8. The summed E-state index contributed by atoms with van der Waals surface area (Å²) in [5.74, 6) is -7.11. The number of aldehydes is 1. The number of esters is 1. The van der Waals surface area contributed by atoms with Crippen molar-refractivity contribution in [1.82, 2.24) is 0 Å². The molecule has 3 rings (SSSR count). The average Bonchev–Trinajstić information content (AvgIpc) is 3.12. The number of fused-ring (bicyclic) bond motifs is 2. The largest absolute Gasteiger partial charge is 0.504 e. The fourth-order valence-electron chi connectivity index (χ4n) is 7.99. The van der Waals surface area contributed by atoms with Crippen LogP contribution in [0, 0.1) is 28.1 Å². The number of allylic oxidation sites excluding steroid dienone is 9. The summed E-state index contributed by atoms with van der Waals surface area (Å²) < 4.78 is 5.90. The number of carbonyl (C=O) groups excluding carboxylic acids is 5. The van der Waals surface area contributed by atoms with Gasteiger partial charge >= 0.3 is 5.97 Å². The van der Waals surface area contributed by atoms with Gasteiger partial charge in [-0.3, -0.25) is 14.4 Å². The van der Waals surface area contributed by atoms with Gasteiger partial charge in [-0.1, -0.05) is 60.9 Å². The summed E-state index contributed by atoms with van der Waals surface area (Å²) in [4.78, 5) is 71.4. The van der Waals surface area contributed by atoms with Gasteiger partial charge in [-0.25, -0.2) is 4.79 Å². The Balaban J connectivity index is 2.61. The molecule has 8 atom stereocenters. The summed E-state index contributed by atoms with van der Waals surface area (Å²) in [6, 6.07) is 3.13. The third-order valence-electron chi connectivity index (χ3n) is 11.6. The van der Waals surface area contributed by atoms with Crippen molar-refractivity contribution in [3.05, 3.63) is 82.2 Å². The third-order valence-corrected chi connectivity index (χ3v) is 11.6. The molecular formula is C44H58O12. The Morgan fingerprint density at radius 1 is 0.893 bits per heavy atom. The highest BCUT2D eigenvalue weighted by molar-refractivity contribution is 6.35. The second-order valence-corrected chi connectivity index (χ2v) is 16.7. The number of carbonyl (C=O) groups is 5. The average molecular weight is 779 g/mol. The zero-order chi connectivity index (χ0) is 42.7. The molecule has 0 radical (unpaired) electrons. The van der Waals surface area contributed by atoms with Crippen molar-refractivity contribution in [2.24, 2.45) is 28.1 Å². The quantitative estimate of drug-likeness (QED) is 0.0219. The Hall–Kier alpha value is -4.49. The van der Waals surface area contributed by atoms with Crippen LogP contribution in [-0.4, -0.2) is 84.7 Å². The number of rotatable bonds is 17. The Bertz CT molecular complexity index is 1870. The number of ketones is 3. The summed E-state index contributed by atoms with van der Waals surface area (Å²) in [6.07, 6.45) is -3.52. The number of Topliss-reactive ketones (excluding diaryl/α,β-unsaturated/α-hetero) is 3. The van der Waals surface area contributed by atoms with Gasteiger partial charge in [-0.15, -0.1) is 0 Å². The number of phenolic OH excluding ortho intramolecular Hbond substituents is 2. The number of ether oxygens (including phenoxy) is 1. The van der Waals surface area contributed by atoms with Crippen molar-refractivity contribution in [2.45, 2.75) is 119 Å². The lowest BCUT2D eigenvalue weighted by molar-refractivity contribution is -0.179. The van der Waals surface area contributed by atoms with E-state index in [4.69, 9.17) is 4.74 Å². The molecule has 2 bridgehead atoms. The molecule has 1 fully saturated rings. The molecule has 0 aliphatic heterocycles. The Kier molecular flexibility index (Phi) is 14.6. The standard InChI is InChI=1S/C44H58O12/c1-23(2)11-13-28(26(7)8)20-43-21-29(15-12-24(3)4)42(9,10)44(41(43)55,18-17-25(5)6)38(53)33(34(49)27-14-16-30(46)31(47)19-27)39(43)56-40(54)37(52)36(51)35(50)32(48)22-45/h11-12,14,16-17,19,22,28-29,32,35-37,46-48,50-52H,7,13,15,18,20-21H2,1-6,8-10H3/t28-,29+,32-,35+,36-,37-,43+,44-/m0/s1. The number of aliphatic hydroxyl groups is 4. The smallest absolute Gasteiger partial charge is 0.342 e. The summed E-state index contributed by atoms with van der Waals surface area (Å²) in [6.45, 7) is 20.9. The zero-order valence-electron chi connectivity index (χ0n) is 33.9. The molecule has 6 N–H and O–H groups in total. The topological polar surface area (TPSA) is 216 Å². The fourth-order valence-corrected chi connectivity index (χ4v) is 7.99. The number of phenols is 2. The van der Waals surface area contributed by atoms with Gasteiger partial charge in [-0.05, 0) is 116 Å². The molecule has 0 saturated heterocycles. The maximum Gasteiger partial charge on any atom is 0.342 e. The predicted molar refractivity (Wildman–Crippen MR) is 209 cm³/mol. The third kappa shape index (κ3) is 8.73. The van der Waals surface area contributed by atoms with Crippen molar-refractivity contribution in [1.29, 1.82) is 0 Å². The van der Waals surface area contributed by atoms with Gasteiger partial charge in [0, 0.05) is 5.56 Å². The van der Waals surface area contributed by atoms with E-state index in [9.17, 15) is 45.0 Å².